The molecule has 0 amide bonds. The summed E-state index contributed by atoms with van der Waals surface area (Å²) in [5.74, 6) is 0.973. The smallest absolute Gasteiger partial charge is 0.309 e. The maximum absolute atomic E-state index is 12.8. The average molecular weight is 316 g/mol. The standard InChI is InChI=1S/C20H29NO2/c1-2-16-8-10-17(11-9-16)19(22)23-20(12-14-21-15-13-20)18-6-4-3-5-7-18/h3-7,16-17,21H,2,8-15H2,1H3/p+1. The highest BCUT2D eigenvalue weighted by atomic mass is 16.6. The van der Waals surface area contributed by atoms with Crippen LogP contribution in [0.25, 0.3) is 0 Å². The minimum atomic E-state index is -0.394. The Morgan fingerprint density at radius 2 is 1.78 bits per heavy atom. The first-order chi connectivity index (χ1) is 11.2. The Balaban J connectivity index is 1.70. The Hall–Kier alpha value is -1.35. The Kier molecular flexibility index (Phi) is 5.37. The van der Waals surface area contributed by atoms with Gasteiger partial charge in [-0.1, -0.05) is 43.7 Å². The van der Waals surface area contributed by atoms with Crippen LogP contribution in [0.15, 0.2) is 30.3 Å². The van der Waals surface area contributed by atoms with Gasteiger partial charge in [0.25, 0.3) is 0 Å². The van der Waals surface area contributed by atoms with Gasteiger partial charge in [-0.3, -0.25) is 4.79 Å². The van der Waals surface area contributed by atoms with Gasteiger partial charge in [0, 0.05) is 12.8 Å². The van der Waals surface area contributed by atoms with E-state index in [4.69, 9.17) is 4.74 Å². The summed E-state index contributed by atoms with van der Waals surface area (Å²) in [4.78, 5) is 12.8. The molecule has 1 saturated carbocycles. The molecule has 3 heteroatoms. The Morgan fingerprint density at radius 1 is 1.13 bits per heavy atom. The van der Waals surface area contributed by atoms with E-state index in [9.17, 15) is 4.79 Å². The second-order valence-corrected chi connectivity index (χ2v) is 7.27. The van der Waals surface area contributed by atoms with E-state index in [1.54, 1.807) is 0 Å². The van der Waals surface area contributed by atoms with Gasteiger partial charge in [0.2, 0.25) is 0 Å². The van der Waals surface area contributed by atoms with Crippen LogP contribution >= 0.6 is 0 Å². The quantitative estimate of drug-likeness (QED) is 0.868. The molecule has 1 saturated heterocycles. The first kappa shape index (κ1) is 16.5. The van der Waals surface area contributed by atoms with E-state index in [0.29, 0.717) is 0 Å². The summed E-state index contributed by atoms with van der Waals surface area (Å²) in [6.07, 6.45) is 7.47. The number of piperidine rings is 1. The van der Waals surface area contributed by atoms with Crippen molar-refractivity contribution in [2.75, 3.05) is 13.1 Å². The van der Waals surface area contributed by atoms with E-state index < -0.39 is 5.60 Å². The van der Waals surface area contributed by atoms with Crippen molar-refractivity contribution < 1.29 is 14.8 Å². The summed E-state index contributed by atoms with van der Waals surface area (Å²) in [6, 6.07) is 10.4. The zero-order chi connectivity index (χ0) is 16.1. The molecular formula is C20H30NO2+. The number of hydrogen-bond acceptors (Lipinski definition) is 2. The van der Waals surface area contributed by atoms with Gasteiger partial charge in [0.05, 0.1) is 19.0 Å². The fourth-order valence-corrected chi connectivity index (χ4v) is 4.21. The van der Waals surface area contributed by atoms with Gasteiger partial charge in [-0.15, -0.1) is 0 Å². The summed E-state index contributed by atoms with van der Waals surface area (Å²) in [7, 11) is 0. The van der Waals surface area contributed by atoms with E-state index in [2.05, 4.69) is 36.5 Å². The molecule has 0 aromatic heterocycles. The molecule has 0 spiro atoms. The number of benzene rings is 1. The number of nitrogens with two attached hydrogens (primary N) is 1. The first-order valence-corrected chi connectivity index (χ1v) is 9.33. The van der Waals surface area contributed by atoms with Crippen molar-refractivity contribution in [3.05, 3.63) is 35.9 Å². The number of ether oxygens (including phenoxy) is 1. The Morgan fingerprint density at radius 3 is 2.39 bits per heavy atom. The highest BCUT2D eigenvalue weighted by Gasteiger charge is 2.41. The molecule has 1 aliphatic carbocycles. The number of carbonyl (C=O) groups is 1. The second kappa shape index (κ2) is 7.48. The molecule has 1 heterocycles. The summed E-state index contributed by atoms with van der Waals surface area (Å²) >= 11 is 0. The van der Waals surface area contributed by atoms with Crippen LogP contribution in [-0.4, -0.2) is 19.1 Å². The second-order valence-electron chi connectivity index (χ2n) is 7.27. The lowest BCUT2D eigenvalue weighted by Gasteiger charge is -2.38. The number of esters is 1. The van der Waals surface area contributed by atoms with Crippen LogP contribution in [0, 0.1) is 11.8 Å². The predicted octanol–water partition coefficient (Wildman–Crippen LogP) is 3.00. The molecule has 23 heavy (non-hydrogen) atoms. The van der Waals surface area contributed by atoms with Gasteiger partial charge in [-0.2, -0.15) is 0 Å². The number of quaternary nitrogens is 1. The number of rotatable bonds is 4. The fourth-order valence-electron chi connectivity index (χ4n) is 4.21. The molecule has 1 aliphatic heterocycles. The fraction of sp³-hybridized carbons (Fsp3) is 0.650. The topological polar surface area (TPSA) is 42.9 Å². The molecule has 3 rings (SSSR count). The highest BCUT2D eigenvalue weighted by molar-refractivity contribution is 5.73. The maximum Gasteiger partial charge on any atom is 0.309 e. The monoisotopic (exact) mass is 316 g/mol. The van der Waals surface area contributed by atoms with Crippen molar-refractivity contribution >= 4 is 5.97 Å². The molecule has 1 aromatic carbocycles. The number of carbonyl (C=O) groups excluding carboxylic acids is 1. The molecule has 3 nitrogen and oxygen atoms in total. The Bertz CT molecular complexity index is 500. The van der Waals surface area contributed by atoms with Crippen molar-refractivity contribution in [2.45, 2.75) is 57.5 Å². The van der Waals surface area contributed by atoms with E-state index in [1.807, 2.05) is 6.07 Å². The lowest BCUT2D eigenvalue weighted by molar-refractivity contribution is -0.668. The summed E-state index contributed by atoms with van der Waals surface area (Å²) < 4.78 is 6.21. The number of hydrogen-bond donors (Lipinski definition) is 1. The van der Waals surface area contributed by atoms with Gasteiger partial charge in [-0.05, 0) is 37.2 Å². The molecule has 2 N–H and O–H groups in total. The van der Waals surface area contributed by atoms with E-state index in [1.165, 1.54) is 24.8 Å². The molecule has 0 bridgehead atoms. The van der Waals surface area contributed by atoms with Crippen LogP contribution in [-0.2, 0) is 15.1 Å². The molecule has 0 radical (unpaired) electrons. The first-order valence-electron chi connectivity index (χ1n) is 9.33. The minimum Gasteiger partial charge on any atom is -0.453 e. The van der Waals surface area contributed by atoms with Crippen LogP contribution in [0.4, 0.5) is 0 Å². The van der Waals surface area contributed by atoms with E-state index in [-0.39, 0.29) is 11.9 Å². The zero-order valence-electron chi connectivity index (χ0n) is 14.3. The van der Waals surface area contributed by atoms with Gasteiger partial charge in [-0.25, -0.2) is 0 Å². The van der Waals surface area contributed by atoms with E-state index >= 15 is 0 Å². The van der Waals surface area contributed by atoms with Crippen molar-refractivity contribution in [3.63, 3.8) is 0 Å². The van der Waals surface area contributed by atoms with Gasteiger partial charge < -0.3 is 10.1 Å². The van der Waals surface area contributed by atoms with Crippen LogP contribution in [0.1, 0.15) is 57.4 Å². The van der Waals surface area contributed by atoms with Crippen molar-refractivity contribution in [1.29, 1.82) is 0 Å². The molecule has 2 aliphatic rings. The predicted molar refractivity (Wildman–Crippen MR) is 90.8 cm³/mol. The molecule has 126 valence electrons. The van der Waals surface area contributed by atoms with Crippen LogP contribution < -0.4 is 5.32 Å². The molecule has 2 fully saturated rings. The van der Waals surface area contributed by atoms with Crippen molar-refractivity contribution in [1.82, 2.24) is 0 Å². The highest BCUT2D eigenvalue weighted by Crippen LogP contribution is 2.37. The normalized spacial score (nSPS) is 27.3. The average Bonchev–Trinajstić information content (AvgIpc) is 2.63. The summed E-state index contributed by atoms with van der Waals surface area (Å²) in [5, 5.41) is 2.32. The van der Waals surface area contributed by atoms with Gasteiger partial charge in [0.1, 0.15) is 5.60 Å². The molecular weight excluding hydrogens is 286 g/mol. The molecule has 0 atom stereocenters. The summed E-state index contributed by atoms with van der Waals surface area (Å²) in [6.45, 7) is 4.32. The lowest BCUT2D eigenvalue weighted by atomic mass is 9.80. The van der Waals surface area contributed by atoms with Gasteiger partial charge >= 0.3 is 5.97 Å². The third-order valence-electron chi connectivity index (χ3n) is 5.86. The van der Waals surface area contributed by atoms with Crippen molar-refractivity contribution in [2.24, 2.45) is 11.8 Å². The minimum absolute atomic E-state index is 0.0466. The summed E-state index contributed by atoms with van der Waals surface area (Å²) in [5.41, 5.74) is 0.776. The molecule has 1 aromatic rings. The van der Waals surface area contributed by atoms with Crippen molar-refractivity contribution in [3.8, 4) is 0 Å². The lowest BCUT2D eigenvalue weighted by Crippen LogP contribution is -2.87. The maximum atomic E-state index is 12.8. The van der Waals surface area contributed by atoms with E-state index in [0.717, 1.165) is 44.7 Å². The van der Waals surface area contributed by atoms with Crippen LogP contribution in [0.3, 0.4) is 0 Å². The zero-order valence-corrected chi connectivity index (χ0v) is 14.3. The SMILES string of the molecule is CCC1CCC(C(=O)OC2(c3ccccc3)CC[NH2+]CC2)CC1. The largest absolute Gasteiger partial charge is 0.453 e. The van der Waals surface area contributed by atoms with Crippen LogP contribution in [0.2, 0.25) is 0 Å². The molecule has 0 unspecified atom stereocenters. The third-order valence-corrected chi connectivity index (χ3v) is 5.86. The van der Waals surface area contributed by atoms with Gasteiger partial charge in [0.15, 0.2) is 0 Å². The van der Waals surface area contributed by atoms with Crippen LogP contribution in [0.5, 0.6) is 0 Å². The Labute approximate surface area is 139 Å². The third kappa shape index (κ3) is 3.77.